The van der Waals surface area contributed by atoms with Gasteiger partial charge in [0.15, 0.2) is 11.5 Å². The Labute approximate surface area is 218 Å². The van der Waals surface area contributed by atoms with E-state index in [4.69, 9.17) is 0 Å². The average molecular weight is 558 g/mol. The summed E-state index contributed by atoms with van der Waals surface area (Å²) in [4.78, 5) is 28.9. The summed E-state index contributed by atoms with van der Waals surface area (Å²) in [6.07, 6.45) is -6.30. The van der Waals surface area contributed by atoms with Gasteiger partial charge in [0.1, 0.15) is 5.56 Å². The van der Waals surface area contributed by atoms with E-state index in [9.17, 15) is 35.9 Å². The molecule has 0 spiro atoms. The first-order chi connectivity index (χ1) is 18.9. The first-order valence-corrected chi connectivity index (χ1v) is 11.2. The second-order valence-corrected chi connectivity index (χ2v) is 8.53. The van der Waals surface area contributed by atoms with E-state index in [1.54, 1.807) is 0 Å². The minimum Gasteiger partial charge on any atom is -0.321 e. The van der Waals surface area contributed by atoms with Crippen LogP contribution in [0.15, 0.2) is 61.2 Å². The predicted octanol–water partition coefficient (Wildman–Crippen LogP) is 4.86. The summed E-state index contributed by atoms with van der Waals surface area (Å²) in [6, 6.07) is 7.75. The quantitative estimate of drug-likeness (QED) is 0.304. The van der Waals surface area contributed by atoms with E-state index in [-0.39, 0.29) is 16.6 Å². The Kier molecular flexibility index (Phi) is 5.39. The SMILES string of the molecule is O=C(Nc1cnc(-n2ccnn2)c(C(F)(F)F)c1)c1cnn(-c2ccc3c4c(cccc24)C(=O)N3)c1C(F)(F)F. The number of rotatable bonds is 4. The summed E-state index contributed by atoms with van der Waals surface area (Å²) in [5.74, 6) is -2.44. The van der Waals surface area contributed by atoms with Crippen LogP contribution >= 0.6 is 0 Å². The van der Waals surface area contributed by atoms with Gasteiger partial charge in [0, 0.05) is 22.0 Å². The number of hydrogen-bond acceptors (Lipinski definition) is 6. The monoisotopic (exact) mass is 558 g/mol. The zero-order valence-electron chi connectivity index (χ0n) is 19.5. The number of hydrogen-bond donors (Lipinski definition) is 2. The van der Waals surface area contributed by atoms with Gasteiger partial charge >= 0.3 is 12.4 Å². The molecule has 16 heteroatoms. The third-order valence-corrected chi connectivity index (χ3v) is 6.09. The number of amides is 2. The molecule has 10 nitrogen and oxygen atoms in total. The van der Waals surface area contributed by atoms with Crippen molar-refractivity contribution >= 4 is 34.0 Å². The molecule has 0 bridgehead atoms. The van der Waals surface area contributed by atoms with Crippen LogP contribution in [0.4, 0.5) is 37.7 Å². The standard InChI is InChI=1S/C24H12F6N8O2/c25-23(26,27)15-8-11(9-31-20(15)37-7-6-32-36-37)34-22(40)14-10-33-38(19(14)24(28,29)30)17-5-4-16-18-12(17)2-1-3-13(18)21(39)35-16/h1-10H,(H,34,40)(H,35,39). The predicted molar refractivity (Wildman–Crippen MR) is 126 cm³/mol. The van der Waals surface area contributed by atoms with Gasteiger partial charge in [-0.25, -0.2) is 14.3 Å². The molecule has 0 unspecified atom stereocenters. The van der Waals surface area contributed by atoms with Crippen LogP contribution in [0.3, 0.4) is 0 Å². The Hall–Kier alpha value is -5.28. The van der Waals surface area contributed by atoms with Crippen LogP contribution in [0.25, 0.3) is 22.3 Å². The van der Waals surface area contributed by atoms with Crippen LogP contribution in [-0.4, -0.2) is 41.6 Å². The molecule has 0 saturated carbocycles. The molecule has 6 rings (SSSR count). The van der Waals surface area contributed by atoms with Crippen molar-refractivity contribution in [1.29, 1.82) is 0 Å². The number of nitrogens with zero attached hydrogens (tertiary/aromatic N) is 6. The summed E-state index contributed by atoms with van der Waals surface area (Å²) in [7, 11) is 0. The third-order valence-electron chi connectivity index (χ3n) is 6.09. The number of alkyl halides is 6. The summed E-state index contributed by atoms with van der Waals surface area (Å²) in [5.41, 5.74) is -3.64. The molecule has 3 aromatic heterocycles. The van der Waals surface area contributed by atoms with Gasteiger partial charge in [0.2, 0.25) is 0 Å². The average Bonchev–Trinajstić information content (AvgIpc) is 3.64. The van der Waals surface area contributed by atoms with Gasteiger partial charge in [-0.15, -0.1) is 5.10 Å². The fraction of sp³-hybridized carbons (Fsp3) is 0.0833. The van der Waals surface area contributed by atoms with E-state index in [0.717, 1.165) is 23.3 Å². The van der Waals surface area contributed by atoms with E-state index in [1.165, 1.54) is 30.3 Å². The Morgan fingerprint density at radius 3 is 2.50 bits per heavy atom. The maximum absolute atomic E-state index is 14.3. The largest absolute Gasteiger partial charge is 0.434 e. The second-order valence-electron chi connectivity index (χ2n) is 8.53. The third kappa shape index (κ3) is 4.00. The zero-order valence-corrected chi connectivity index (χ0v) is 19.5. The second kappa shape index (κ2) is 8.62. The molecule has 4 heterocycles. The molecule has 2 aromatic carbocycles. The van der Waals surface area contributed by atoms with Gasteiger partial charge in [-0.1, -0.05) is 17.3 Å². The van der Waals surface area contributed by atoms with Gasteiger partial charge in [-0.2, -0.15) is 31.4 Å². The maximum atomic E-state index is 14.3. The molecule has 1 aliphatic rings. The van der Waals surface area contributed by atoms with Crippen LogP contribution in [0.1, 0.15) is 32.0 Å². The summed E-state index contributed by atoms with van der Waals surface area (Å²) < 4.78 is 85.3. The molecule has 0 saturated heterocycles. The molecule has 40 heavy (non-hydrogen) atoms. The van der Waals surface area contributed by atoms with Crippen molar-refractivity contribution in [3.8, 4) is 11.5 Å². The smallest absolute Gasteiger partial charge is 0.321 e. The number of carbonyl (C=O) groups excluding carboxylic acids is 2. The van der Waals surface area contributed by atoms with Gasteiger partial charge < -0.3 is 10.6 Å². The van der Waals surface area contributed by atoms with Crippen molar-refractivity contribution in [2.75, 3.05) is 10.6 Å². The molecular formula is C24H12F6N8O2. The lowest BCUT2D eigenvalue weighted by molar-refractivity contribution is -0.143. The number of anilines is 2. The van der Waals surface area contributed by atoms with Crippen molar-refractivity contribution in [1.82, 2.24) is 29.8 Å². The number of halogens is 6. The number of nitrogens with one attached hydrogen (secondary N) is 2. The molecule has 0 radical (unpaired) electrons. The normalized spacial score (nSPS) is 13.1. The van der Waals surface area contributed by atoms with E-state index >= 15 is 0 Å². The highest BCUT2D eigenvalue weighted by atomic mass is 19.4. The topological polar surface area (TPSA) is 120 Å². The van der Waals surface area contributed by atoms with Crippen molar-refractivity contribution in [2.24, 2.45) is 0 Å². The number of aromatic nitrogens is 6. The summed E-state index contributed by atoms with van der Waals surface area (Å²) >= 11 is 0. The molecular weight excluding hydrogens is 546 g/mol. The number of pyridine rings is 1. The first kappa shape index (κ1) is 25.0. The molecule has 2 N–H and O–H groups in total. The summed E-state index contributed by atoms with van der Waals surface area (Å²) in [6.45, 7) is 0. The van der Waals surface area contributed by atoms with E-state index in [2.05, 4.69) is 25.7 Å². The summed E-state index contributed by atoms with van der Waals surface area (Å²) in [5, 5.41) is 16.0. The van der Waals surface area contributed by atoms with Crippen LogP contribution in [0, 0.1) is 0 Å². The van der Waals surface area contributed by atoms with Crippen molar-refractivity contribution < 1.29 is 35.9 Å². The van der Waals surface area contributed by atoms with E-state index < -0.39 is 52.5 Å². The highest BCUT2D eigenvalue weighted by Crippen LogP contribution is 2.40. The number of benzene rings is 2. The lowest BCUT2D eigenvalue weighted by Gasteiger charge is -2.15. The van der Waals surface area contributed by atoms with Crippen LogP contribution in [0.2, 0.25) is 0 Å². The molecule has 0 atom stereocenters. The highest BCUT2D eigenvalue weighted by molar-refractivity contribution is 6.25. The molecule has 2 amide bonds. The number of carbonyl (C=O) groups is 2. The van der Waals surface area contributed by atoms with Crippen molar-refractivity contribution in [3.63, 3.8) is 0 Å². The van der Waals surface area contributed by atoms with E-state index in [1.807, 2.05) is 5.32 Å². The molecule has 0 fully saturated rings. The van der Waals surface area contributed by atoms with Gasteiger partial charge in [-0.05, 0) is 24.3 Å². The lowest BCUT2D eigenvalue weighted by Crippen LogP contribution is -2.21. The van der Waals surface area contributed by atoms with E-state index in [0.29, 0.717) is 28.0 Å². The Bertz CT molecular complexity index is 1830. The maximum Gasteiger partial charge on any atom is 0.434 e. The molecule has 0 aliphatic carbocycles. The fourth-order valence-corrected chi connectivity index (χ4v) is 4.47. The van der Waals surface area contributed by atoms with Crippen LogP contribution in [-0.2, 0) is 12.4 Å². The van der Waals surface area contributed by atoms with Crippen LogP contribution in [0.5, 0.6) is 0 Å². The minimum atomic E-state index is -5.10. The fourth-order valence-electron chi connectivity index (χ4n) is 4.47. The Morgan fingerprint density at radius 2 is 1.80 bits per heavy atom. The molecule has 202 valence electrons. The van der Waals surface area contributed by atoms with Gasteiger partial charge in [0.05, 0.1) is 41.7 Å². The zero-order chi connectivity index (χ0) is 28.4. The Morgan fingerprint density at radius 1 is 1.00 bits per heavy atom. The van der Waals surface area contributed by atoms with Gasteiger partial charge in [-0.3, -0.25) is 9.59 Å². The van der Waals surface area contributed by atoms with Crippen LogP contribution < -0.4 is 10.6 Å². The van der Waals surface area contributed by atoms with Gasteiger partial charge in [0.25, 0.3) is 11.8 Å². The molecule has 5 aromatic rings. The first-order valence-electron chi connectivity index (χ1n) is 11.2. The minimum absolute atomic E-state index is 0.0679. The van der Waals surface area contributed by atoms with Crippen molar-refractivity contribution in [2.45, 2.75) is 12.4 Å². The Balaban J connectivity index is 1.42. The molecule has 1 aliphatic heterocycles. The lowest BCUT2D eigenvalue weighted by atomic mass is 10.0. The van der Waals surface area contributed by atoms with Crippen molar-refractivity contribution in [3.05, 3.63) is 83.6 Å². The highest BCUT2D eigenvalue weighted by Gasteiger charge is 2.41.